The van der Waals surface area contributed by atoms with Gasteiger partial charge >= 0.3 is 0 Å². The zero-order chi connectivity index (χ0) is 24.5. The summed E-state index contributed by atoms with van der Waals surface area (Å²) in [6.07, 6.45) is 0.378. The number of carbonyl (C=O) groups excluding carboxylic acids is 3. The molecular weight excluding hydrogens is 428 g/mol. The highest BCUT2D eigenvalue weighted by molar-refractivity contribution is 6.06. The summed E-state index contributed by atoms with van der Waals surface area (Å²) in [5.74, 6) is -0.437. The summed E-state index contributed by atoms with van der Waals surface area (Å²) < 4.78 is 0. The Morgan fingerprint density at radius 3 is 2.26 bits per heavy atom. The van der Waals surface area contributed by atoms with Crippen molar-refractivity contribution in [2.24, 2.45) is 0 Å². The molecule has 3 aromatic rings. The third-order valence-electron chi connectivity index (χ3n) is 5.31. The van der Waals surface area contributed by atoms with Crippen LogP contribution in [0.2, 0.25) is 0 Å². The molecule has 0 fully saturated rings. The normalized spacial score (nSPS) is 10.3. The number of nitrogens with zero attached hydrogens (tertiary/aromatic N) is 1. The fourth-order valence-electron chi connectivity index (χ4n) is 3.43. The minimum atomic E-state index is -0.243. The molecule has 3 amide bonds. The highest BCUT2D eigenvalue weighted by Crippen LogP contribution is 2.21. The second-order valence-electron chi connectivity index (χ2n) is 7.80. The molecular formula is C27H30N4O3. The van der Waals surface area contributed by atoms with Crippen LogP contribution in [0.25, 0.3) is 0 Å². The first-order chi connectivity index (χ1) is 16.4. The summed E-state index contributed by atoms with van der Waals surface area (Å²) >= 11 is 0. The Bertz CT molecular complexity index is 1160. The van der Waals surface area contributed by atoms with E-state index < -0.39 is 0 Å². The molecule has 3 N–H and O–H groups in total. The highest BCUT2D eigenvalue weighted by Gasteiger charge is 2.16. The number of carbonyl (C=O) groups is 3. The van der Waals surface area contributed by atoms with E-state index in [1.807, 2.05) is 56.3 Å². The van der Waals surface area contributed by atoms with Gasteiger partial charge in [-0.3, -0.25) is 14.4 Å². The van der Waals surface area contributed by atoms with Crippen molar-refractivity contribution in [1.82, 2.24) is 0 Å². The standard InChI is InChI=1S/C27H30N4O3/c1-4-25(32)30-24-17-22(15-14-19(24)3)29-26(33)18-28-21-11-9-10-20(16-21)27(34)31(5-2)23-12-7-6-8-13-23/h6-17,28H,4-5,18H2,1-3H3,(H,29,33)(H,30,32). The van der Waals surface area contributed by atoms with Crippen molar-refractivity contribution < 1.29 is 14.4 Å². The molecule has 7 heteroatoms. The first kappa shape index (κ1) is 24.5. The lowest BCUT2D eigenvalue weighted by atomic mass is 10.1. The number of hydrogen-bond donors (Lipinski definition) is 3. The average molecular weight is 459 g/mol. The Morgan fingerprint density at radius 1 is 0.794 bits per heavy atom. The maximum atomic E-state index is 13.1. The quantitative estimate of drug-likeness (QED) is 0.418. The van der Waals surface area contributed by atoms with Gasteiger partial charge in [0.1, 0.15) is 0 Å². The number of nitrogens with one attached hydrogen (secondary N) is 3. The lowest BCUT2D eigenvalue weighted by molar-refractivity contribution is -0.116. The molecule has 3 aromatic carbocycles. The van der Waals surface area contributed by atoms with Crippen LogP contribution in [0, 0.1) is 6.92 Å². The molecule has 7 nitrogen and oxygen atoms in total. The lowest BCUT2D eigenvalue weighted by Crippen LogP contribution is -2.30. The molecule has 0 aliphatic carbocycles. The summed E-state index contributed by atoms with van der Waals surface area (Å²) in [6.45, 7) is 6.18. The van der Waals surface area contributed by atoms with E-state index in [1.165, 1.54) is 0 Å². The first-order valence-electron chi connectivity index (χ1n) is 11.3. The molecule has 0 bridgehead atoms. The van der Waals surface area contributed by atoms with Gasteiger partial charge in [-0.15, -0.1) is 0 Å². The van der Waals surface area contributed by atoms with Crippen LogP contribution in [0.5, 0.6) is 0 Å². The molecule has 0 unspecified atom stereocenters. The number of aryl methyl sites for hydroxylation is 1. The van der Waals surface area contributed by atoms with Crippen LogP contribution in [-0.4, -0.2) is 30.8 Å². The van der Waals surface area contributed by atoms with Crippen LogP contribution < -0.4 is 20.9 Å². The molecule has 0 aliphatic rings. The smallest absolute Gasteiger partial charge is 0.258 e. The number of rotatable bonds is 9. The van der Waals surface area contributed by atoms with Crippen molar-refractivity contribution in [3.8, 4) is 0 Å². The molecule has 0 spiro atoms. The van der Waals surface area contributed by atoms with Gasteiger partial charge < -0.3 is 20.9 Å². The van der Waals surface area contributed by atoms with Gasteiger partial charge in [0.25, 0.3) is 5.91 Å². The van der Waals surface area contributed by atoms with Gasteiger partial charge in [-0.25, -0.2) is 0 Å². The predicted molar refractivity (Wildman–Crippen MR) is 137 cm³/mol. The molecule has 34 heavy (non-hydrogen) atoms. The highest BCUT2D eigenvalue weighted by atomic mass is 16.2. The monoisotopic (exact) mass is 458 g/mol. The zero-order valence-electron chi connectivity index (χ0n) is 19.7. The number of para-hydroxylation sites is 1. The van der Waals surface area contributed by atoms with Gasteiger partial charge in [0.15, 0.2) is 0 Å². The first-order valence-corrected chi connectivity index (χ1v) is 11.3. The second-order valence-corrected chi connectivity index (χ2v) is 7.80. The van der Waals surface area contributed by atoms with Crippen LogP contribution in [0.3, 0.4) is 0 Å². The second kappa shape index (κ2) is 11.7. The van der Waals surface area contributed by atoms with Gasteiger partial charge in [0.2, 0.25) is 11.8 Å². The molecule has 0 radical (unpaired) electrons. The van der Waals surface area contributed by atoms with Crippen LogP contribution in [0.1, 0.15) is 36.2 Å². The van der Waals surface area contributed by atoms with Gasteiger partial charge in [-0.05, 0) is 61.9 Å². The molecule has 0 saturated heterocycles. The Hall–Kier alpha value is -4.13. The maximum absolute atomic E-state index is 13.1. The number of anilines is 4. The van der Waals surface area contributed by atoms with E-state index >= 15 is 0 Å². The predicted octanol–water partition coefficient (Wildman–Crippen LogP) is 5.06. The Labute approximate surface area is 200 Å². The Morgan fingerprint density at radius 2 is 1.56 bits per heavy atom. The molecule has 0 heterocycles. The van der Waals surface area contributed by atoms with Crippen molar-refractivity contribution in [1.29, 1.82) is 0 Å². The summed E-state index contributed by atoms with van der Waals surface area (Å²) in [6, 6.07) is 22.0. The van der Waals surface area contributed by atoms with E-state index in [2.05, 4.69) is 16.0 Å². The summed E-state index contributed by atoms with van der Waals surface area (Å²) in [5.41, 5.74) is 4.21. The van der Waals surface area contributed by atoms with Gasteiger partial charge in [0, 0.05) is 41.3 Å². The van der Waals surface area contributed by atoms with Crippen molar-refractivity contribution >= 4 is 40.5 Å². The molecule has 176 valence electrons. The molecule has 0 aliphatic heterocycles. The third-order valence-corrected chi connectivity index (χ3v) is 5.31. The van der Waals surface area contributed by atoms with Crippen LogP contribution in [-0.2, 0) is 9.59 Å². The topological polar surface area (TPSA) is 90.5 Å². The fraction of sp³-hybridized carbons (Fsp3) is 0.222. The largest absolute Gasteiger partial charge is 0.376 e. The SMILES string of the molecule is CCC(=O)Nc1cc(NC(=O)CNc2cccc(C(=O)N(CC)c3ccccc3)c2)ccc1C. The minimum Gasteiger partial charge on any atom is -0.376 e. The molecule has 3 rings (SSSR count). The Kier molecular flexibility index (Phi) is 8.40. The van der Waals surface area contributed by atoms with Gasteiger partial charge in [-0.1, -0.05) is 37.3 Å². The van der Waals surface area contributed by atoms with Crippen LogP contribution in [0.15, 0.2) is 72.8 Å². The van der Waals surface area contributed by atoms with Gasteiger partial charge in [-0.2, -0.15) is 0 Å². The maximum Gasteiger partial charge on any atom is 0.258 e. The van der Waals surface area contributed by atoms with E-state index in [0.29, 0.717) is 35.6 Å². The van der Waals surface area contributed by atoms with Crippen molar-refractivity contribution in [3.63, 3.8) is 0 Å². The number of hydrogen-bond acceptors (Lipinski definition) is 4. The van der Waals surface area contributed by atoms with Gasteiger partial charge in [0.05, 0.1) is 6.54 Å². The average Bonchev–Trinajstić information content (AvgIpc) is 2.86. The van der Waals surface area contributed by atoms with E-state index in [1.54, 1.807) is 42.2 Å². The van der Waals surface area contributed by atoms with E-state index in [4.69, 9.17) is 0 Å². The zero-order valence-corrected chi connectivity index (χ0v) is 19.7. The fourth-order valence-corrected chi connectivity index (χ4v) is 3.43. The lowest BCUT2D eigenvalue weighted by Gasteiger charge is -2.21. The Balaban J connectivity index is 1.62. The molecule has 0 saturated carbocycles. The molecule has 0 atom stereocenters. The number of amides is 3. The van der Waals surface area contributed by atoms with E-state index in [9.17, 15) is 14.4 Å². The van der Waals surface area contributed by atoms with E-state index in [-0.39, 0.29) is 24.3 Å². The van der Waals surface area contributed by atoms with Crippen LogP contribution >= 0.6 is 0 Å². The number of benzene rings is 3. The summed E-state index contributed by atoms with van der Waals surface area (Å²) in [4.78, 5) is 39.0. The summed E-state index contributed by atoms with van der Waals surface area (Å²) in [5, 5.41) is 8.73. The minimum absolute atomic E-state index is 0.0261. The third kappa shape index (κ3) is 6.45. The van der Waals surface area contributed by atoms with Crippen molar-refractivity contribution in [2.75, 3.05) is 33.9 Å². The summed E-state index contributed by atoms with van der Waals surface area (Å²) in [7, 11) is 0. The van der Waals surface area contributed by atoms with Crippen LogP contribution in [0.4, 0.5) is 22.7 Å². The van der Waals surface area contributed by atoms with Crippen molar-refractivity contribution in [3.05, 3.63) is 83.9 Å². The van der Waals surface area contributed by atoms with E-state index in [0.717, 1.165) is 11.3 Å². The van der Waals surface area contributed by atoms with Crippen molar-refractivity contribution in [2.45, 2.75) is 27.2 Å². The molecule has 0 aromatic heterocycles.